The lowest BCUT2D eigenvalue weighted by atomic mass is 9.71. The Hall–Kier alpha value is -1.28. The number of nitrogens with one attached hydrogen (secondary N) is 1. The molecule has 2 heteroatoms. The van der Waals surface area contributed by atoms with E-state index in [9.17, 15) is 0 Å². The van der Waals surface area contributed by atoms with Gasteiger partial charge in [0.25, 0.3) is 0 Å². The fourth-order valence-corrected chi connectivity index (χ4v) is 5.23. The summed E-state index contributed by atoms with van der Waals surface area (Å²) >= 11 is 0. The standard InChI is InChI=1S/C18H22N2/c1-11-8-14-13-4-2-3-5-16(13)19-18(14)15-9-12-6-7-17(15)20(11)10-12/h2-5,11-12,15,17,19H,6-10H2,1H3/t11-,12?,15?,17?/m1/s1. The molecule has 20 heavy (non-hydrogen) atoms. The second-order valence-electron chi connectivity index (χ2n) is 7.17. The van der Waals surface area contributed by atoms with E-state index in [0.29, 0.717) is 6.04 Å². The Morgan fingerprint density at radius 1 is 1.20 bits per heavy atom. The van der Waals surface area contributed by atoms with Crippen LogP contribution in [0.3, 0.4) is 0 Å². The van der Waals surface area contributed by atoms with Crippen LogP contribution in [0.1, 0.15) is 43.4 Å². The van der Waals surface area contributed by atoms with Gasteiger partial charge < -0.3 is 4.98 Å². The number of hydrogen-bond acceptors (Lipinski definition) is 1. The van der Waals surface area contributed by atoms with Crippen LogP contribution < -0.4 is 0 Å². The number of para-hydroxylation sites is 1. The first-order valence-electron chi connectivity index (χ1n) is 8.16. The van der Waals surface area contributed by atoms with Crippen LogP contribution in [0, 0.1) is 5.92 Å². The van der Waals surface area contributed by atoms with E-state index < -0.39 is 0 Å². The quantitative estimate of drug-likeness (QED) is 0.770. The number of benzene rings is 1. The molecule has 2 aromatic rings. The van der Waals surface area contributed by atoms with Gasteiger partial charge in [0.2, 0.25) is 0 Å². The van der Waals surface area contributed by atoms with Gasteiger partial charge in [-0.25, -0.2) is 0 Å². The molecular weight excluding hydrogens is 244 g/mol. The number of hydrogen-bond donors (Lipinski definition) is 1. The summed E-state index contributed by atoms with van der Waals surface area (Å²) in [7, 11) is 0. The van der Waals surface area contributed by atoms with Crippen molar-refractivity contribution in [1.82, 2.24) is 9.88 Å². The molecule has 0 amide bonds. The summed E-state index contributed by atoms with van der Waals surface area (Å²) < 4.78 is 0. The van der Waals surface area contributed by atoms with Crippen molar-refractivity contribution >= 4 is 10.9 Å². The average molecular weight is 266 g/mol. The van der Waals surface area contributed by atoms with Gasteiger partial charge in [-0.05, 0) is 50.2 Å². The number of nitrogens with zero attached hydrogens (tertiary/aromatic N) is 1. The van der Waals surface area contributed by atoms with Crippen LogP contribution in [0.15, 0.2) is 24.3 Å². The number of fused-ring (bicyclic) bond motifs is 4. The smallest absolute Gasteiger partial charge is 0.0459 e. The summed E-state index contributed by atoms with van der Waals surface area (Å²) in [6.45, 7) is 3.79. The molecule has 2 nitrogen and oxygen atoms in total. The first-order valence-corrected chi connectivity index (χ1v) is 8.16. The van der Waals surface area contributed by atoms with Gasteiger partial charge >= 0.3 is 0 Å². The SMILES string of the molecule is C[C@@H]1Cc2c([nH]c3ccccc23)C2CC3CCC2N1C3. The lowest BCUT2D eigenvalue weighted by Gasteiger charge is -2.50. The van der Waals surface area contributed by atoms with E-state index >= 15 is 0 Å². The highest BCUT2D eigenvalue weighted by atomic mass is 15.2. The minimum atomic E-state index is 0.700. The minimum Gasteiger partial charge on any atom is -0.358 e. The summed E-state index contributed by atoms with van der Waals surface area (Å²) in [6, 6.07) is 10.4. The largest absolute Gasteiger partial charge is 0.358 e. The molecule has 4 aliphatic rings. The Labute approximate surface area is 120 Å². The molecule has 5 atom stereocenters. The molecule has 0 spiro atoms. The van der Waals surface area contributed by atoms with Crippen molar-refractivity contribution in [2.45, 2.75) is 50.6 Å². The highest BCUT2D eigenvalue weighted by Gasteiger charge is 2.46. The maximum atomic E-state index is 3.79. The van der Waals surface area contributed by atoms with Gasteiger partial charge in [-0.2, -0.15) is 0 Å². The highest BCUT2D eigenvalue weighted by molar-refractivity contribution is 5.85. The number of rotatable bonds is 0. The van der Waals surface area contributed by atoms with Gasteiger partial charge in [-0.3, -0.25) is 4.90 Å². The molecule has 2 saturated heterocycles. The second kappa shape index (κ2) is 3.88. The van der Waals surface area contributed by atoms with Gasteiger partial charge in [0.1, 0.15) is 0 Å². The normalized spacial score (nSPS) is 38.8. The predicted molar refractivity (Wildman–Crippen MR) is 82.0 cm³/mol. The molecule has 4 unspecified atom stereocenters. The van der Waals surface area contributed by atoms with Gasteiger partial charge in [0.15, 0.2) is 0 Å². The number of aromatic nitrogens is 1. The predicted octanol–water partition coefficient (Wildman–Crippen LogP) is 3.68. The fourth-order valence-electron chi connectivity index (χ4n) is 5.23. The molecule has 1 aromatic heterocycles. The number of aromatic amines is 1. The van der Waals surface area contributed by atoms with Crippen LogP contribution in [0.2, 0.25) is 0 Å². The molecule has 3 fully saturated rings. The lowest BCUT2D eigenvalue weighted by molar-refractivity contribution is 0.00761. The summed E-state index contributed by atoms with van der Waals surface area (Å²) in [5.74, 6) is 1.69. The van der Waals surface area contributed by atoms with Crippen LogP contribution in [0.5, 0.6) is 0 Å². The van der Waals surface area contributed by atoms with Crippen molar-refractivity contribution in [3.63, 3.8) is 0 Å². The zero-order chi connectivity index (χ0) is 13.3. The van der Waals surface area contributed by atoms with Crippen molar-refractivity contribution in [3.8, 4) is 0 Å². The zero-order valence-electron chi connectivity index (χ0n) is 12.1. The molecule has 4 heterocycles. The number of piperidine rings is 2. The van der Waals surface area contributed by atoms with Crippen LogP contribution in [0.25, 0.3) is 10.9 Å². The third kappa shape index (κ3) is 1.38. The molecule has 1 aromatic carbocycles. The molecule has 1 saturated carbocycles. The van der Waals surface area contributed by atoms with Crippen LogP contribution >= 0.6 is 0 Å². The summed E-state index contributed by atoms with van der Waals surface area (Å²) in [5.41, 5.74) is 4.54. The molecular formula is C18H22N2. The maximum Gasteiger partial charge on any atom is 0.0459 e. The molecule has 4 bridgehead atoms. The van der Waals surface area contributed by atoms with Crippen molar-refractivity contribution in [1.29, 1.82) is 0 Å². The molecule has 104 valence electrons. The van der Waals surface area contributed by atoms with Crippen molar-refractivity contribution in [3.05, 3.63) is 35.5 Å². The van der Waals surface area contributed by atoms with Gasteiger partial charge in [-0.15, -0.1) is 0 Å². The van der Waals surface area contributed by atoms with E-state index in [-0.39, 0.29) is 0 Å². The molecule has 3 aliphatic heterocycles. The summed E-state index contributed by atoms with van der Waals surface area (Å²) in [4.78, 5) is 6.61. The summed E-state index contributed by atoms with van der Waals surface area (Å²) in [6.07, 6.45) is 5.50. The minimum absolute atomic E-state index is 0.700. The van der Waals surface area contributed by atoms with E-state index in [1.54, 1.807) is 11.3 Å². The van der Waals surface area contributed by atoms with Crippen LogP contribution in [0.4, 0.5) is 0 Å². The highest BCUT2D eigenvalue weighted by Crippen LogP contribution is 2.49. The Morgan fingerprint density at radius 2 is 2.10 bits per heavy atom. The summed E-state index contributed by atoms with van der Waals surface area (Å²) in [5, 5.41) is 1.47. The Morgan fingerprint density at radius 3 is 3.00 bits per heavy atom. The fraction of sp³-hybridized carbons (Fsp3) is 0.556. The van der Waals surface area contributed by atoms with E-state index in [0.717, 1.165) is 17.9 Å². The van der Waals surface area contributed by atoms with Gasteiger partial charge in [0, 0.05) is 41.1 Å². The van der Waals surface area contributed by atoms with E-state index in [1.165, 1.54) is 43.1 Å². The molecule has 0 radical (unpaired) electrons. The van der Waals surface area contributed by atoms with Gasteiger partial charge in [0.05, 0.1) is 0 Å². The maximum absolute atomic E-state index is 3.79. The second-order valence-corrected chi connectivity index (χ2v) is 7.17. The zero-order valence-corrected chi connectivity index (χ0v) is 12.1. The molecule has 1 N–H and O–H groups in total. The molecule has 1 aliphatic carbocycles. The Balaban J connectivity index is 1.75. The average Bonchev–Trinajstić information content (AvgIpc) is 2.83. The third-order valence-electron chi connectivity index (χ3n) is 6.10. The van der Waals surface area contributed by atoms with Gasteiger partial charge in [-0.1, -0.05) is 18.2 Å². The van der Waals surface area contributed by atoms with Crippen LogP contribution in [-0.4, -0.2) is 28.5 Å². The monoisotopic (exact) mass is 266 g/mol. The van der Waals surface area contributed by atoms with Crippen molar-refractivity contribution < 1.29 is 0 Å². The lowest BCUT2D eigenvalue weighted by Crippen LogP contribution is -2.54. The molecule has 6 rings (SSSR count). The third-order valence-corrected chi connectivity index (χ3v) is 6.10. The Kier molecular flexibility index (Phi) is 2.21. The van der Waals surface area contributed by atoms with E-state index in [4.69, 9.17) is 0 Å². The van der Waals surface area contributed by atoms with E-state index in [1.807, 2.05) is 0 Å². The van der Waals surface area contributed by atoms with Crippen molar-refractivity contribution in [2.75, 3.05) is 6.54 Å². The first-order chi connectivity index (χ1) is 9.81. The van der Waals surface area contributed by atoms with E-state index in [2.05, 4.69) is 41.1 Å². The Bertz CT molecular complexity index is 671. The topological polar surface area (TPSA) is 19.0 Å². The van der Waals surface area contributed by atoms with Crippen LogP contribution in [-0.2, 0) is 6.42 Å². The van der Waals surface area contributed by atoms with Crippen molar-refractivity contribution in [2.24, 2.45) is 5.92 Å². The first kappa shape index (κ1) is 11.4. The number of H-pyrrole nitrogens is 1.